The second kappa shape index (κ2) is 14.2. The van der Waals surface area contributed by atoms with Crippen molar-refractivity contribution in [1.82, 2.24) is 15.5 Å². The van der Waals surface area contributed by atoms with E-state index in [1.165, 1.54) is 5.56 Å². The number of hydrogen-bond donors (Lipinski definition) is 2. The molecule has 240 valence electrons. The minimum atomic E-state index is -4.49. The van der Waals surface area contributed by atoms with Gasteiger partial charge in [0.05, 0.1) is 0 Å². The number of carbonyl (C=O) groups is 2. The van der Waals surface area contributed by atoms with E-state index in [4.69, 9.17) is 0 Å². The predicted molar refractivity (Wildman–Crippen MR) is 172 cm³/mol. The molecule has 1 fully saturated rings. The lowest BCUT2D eigenvalue weighted by Gasteiger charge is -2.33. The molecule has 0 saturated carbocycles. The number of benzene rings is 3. The maximum absolute atomic E-state index is 13.7. The fraction of sp³-hybridized carbons (Fsp3) is 0.459. The zero-order chi connectivity index (χ0) is 32.0. The van der Waals surface area contributed by atoms with Crippen molar-refractivity contribution >= 4 is 11.8 Å². The van der Waals surface area contributed by atoms with E-state index < -0.39 is 24.0 Å². The second-order valence-electron chi connectivity index (χ2n) is 12.8. The number of fused-ring (bicyclic) bond motifs is 3. The van der Waals surface area contributed by atoms with E-state index in [1.54, 1.807) is 0 Å². The normalized spacial score (nSPS) is 16.9. The number of alkyl halides is 3. The van der Waals surface area contributed by atoms with Gasteiger partial charge < -0.3 is 15.5 Å². The van der Waals surface area contributed by atoms with Gasteiger partial charge in [-0.05, 0) is 84.5 Å². The molecular formula is C37H44F3N3O2. The molecule has 1 aliphatic carbocycles. The van der Waals surface area contributed by atoms with Crippen molar-refractivity contribution in [2.45, 2.75) is 76.4 Å². The standard InChI is InChI=1S/C37H44F3N3O2/c1-3-26(2)24-27-14-16-28(17-15-27)34(44)42-29-18-22-43(23-19-29)21-9-8-20-36(35(45)41-25-37(38,39)40)32-12-6-4-10-30(32)31-11-5-7-13-33(31)36/h4-7,10-17,26,29H,3,8-9,18-25H2,1-2H3,(H,41,45)(H,42,44). The molecule has 1 heterocycles. The zero-order valence-electron chi connectivity index (χ0n) is 26.3. The molecule has 45 heavy (non-hydrogen) atoms. The number of rotatable bonds is 12. The van der Waals surface area contributed by atoms with Gasteiger partial charge in [-0.25, -0.2) is 0 Å². The molecule has 0 bridgehead atoms. The van der Waals surface area contributed by atoms with Crippen LogP contribution in [0.1, 0.15) is 79.4 Å². The van der Waals surface area contributed by atoms with Crippen LogP contribution in [0.5, 0.6) is 0 Å². The maximum atomic E-state index is 13.7. The molecule has 0 spiro atoms. The van der Waals surface area contributed by atoms with Crippen LogP contribution in [0.2, 0.25) is 0 Å². The van der Waals surface area contributed by atoms with Crippen LogP contribution in [0.25, 0.3) is 11.1 Å². The molecule has 2 amide bonds. The Labute approximate surface area is 264 Å². The Kier molecular flexibility index (Phi) is 10.3. The van der Waals surface area contributed by atoms with Gasteiger partial charge in [-0.15, -0.1) is 0 Å². The molecule has 8 heteroatoms. The predicted octanol–water partition coefficient (Wildman–Crippen LogP) is 7.28. The van der Waals surface area contributed by atoms with Gasteiger partial charge in [0.1, 0.15) is 12.0 Å². The summed E-state index contributed by atoms with van der Waals surface area (Å²) in [5.74, 6) is -0.0106. The highest BCUT2D eigenvalue weighted by Gasteiger charge is 2.49. The molecule has 5 rings (SSSR count). The number of piperidine rings is 1. The van der Waals surface area contributed by atoms with Crippen molar-refractivity contribution in [2.24, 2.45) is 5.92 Å². The van der Waals surface area contributed by atoms with Crippen LogP contribution in [-0.4, -0.2) is 55.1 Å². The van der Waals surface area contributed by atoms with Gasteiger partial charge in [0.15, 0.2) is 0 Å². The van der Waals surface area contributed by atoms with E-state index in [-0.39, 0.29) is 11.9 Å². The first-order valence-corrected chi connectivity index (χ1v) is 16.3. The summed E-state index contributed by atoms with van der Waals surface area (Å²) in [5, 5.41) is 5.41. The summed E-state index contributed by atoms with van der Waals surface area (Å²) in [6, 6.07) is 23.2. The lowest BCUT2D eigenvalue weighted by atomic mass is 9.73. The molecule has 1 atom stereocenters. The molecular weight excluding hydrogens is 575 g/mol. The molecule has 3 aromatic carbocycles. The average Bonchev–Trinajstić information content (AvgIpc) is 3.33. The van der Waals surface area contributed by atoms with E-state index in [0.29, 0.717) is 24.3 Å². The molecule has 1 saturated heterocycles. The van der Waals surface area contributed by atoms with Crippen molar-refractivity contribution in [2.75, 3.05) is 26.2 Å². The first kappa shape index (κ1) is 32.7. The zero-order valence-corrected chi connectivity index (χ0v) is 26.3. The maximum Gasteiger partial charge on any atom is 0.405 e. The van der Waals surface area contributed by atoms with Crippen molar-refractivity contribution in [3.8, 4) is 11.1 Å². The Morgan fingerprint density at radius 1 is 0.911 bits per heavy atom. The van der Waals surface area contributed by atoms with Crippen molar-refractivity contribution in [1.29, 1.82) is 0 Å². The first-order valence-electron chi connectivity index (χ1n) is 16.3. The Morgan fingerprint density at radius 2 is 1.51 bits per heavy atom. The summed E-state index contributed by atoms with van der Waals surface area (Å²) in [6.45, 7) is 5.63. The Balaban J connectivity index is 1.15. The fourth-order valence-corrected chi connectivity index (χ4v) is 6.92. The van der Waals surface area contributed by atoms with Crippen LogP contribution in [0.15, 0.2) is 72.8 Å². The monoisotopic (exact) mass is 619 g/mol. The topological polar surface area (TPSA) is 61.4 Å². The number of likely N-dealkylation sites (tertiary alicyclic amines) is 1. The molecule has 2 aliphatic rings. The highest BCUT2D eigenvalue weighted by Crippen LogP contribution is 2.51. The highest BCUT2D eigenvalue weighted by atomic mass is 19.4. The van der Waals surface area contributed by atoms with E-state index >= 15 is 0 Å². The third kappa shape index (κ3) is 7.60. The quantitative estimate of drug-likeness (QED) is 0.210. The molecule has 3 aromatic rings. The highest BCUT2D eigenvalue weighted by molar-refractivity contribution is 6.00. The largest absolute Gasteiger partial charge is 0.405 e. The lowest BCUT2D eigenvalue weighted by Crippen LogP contribution is -2.47. The number of halogens is 3. The molecule has 0 radical (unpaired) electrons. The Morgan fingerprint density at radius 3 is 2.09 bits per heavy atom. The van der Waals surface area contributed by atoms with Crippen LogP contribution in [0.3, 0.4) is 0 Å². The Bertz CT molecular complexity index is 1420. The summed E-state index contributed by atoms with van der Waals surface area (Å²) >= 11 is 0. The van der Waals surface area contributed by atoms with Crippen LogP contribution in [0.4, 0.5) is 13.2 Å². The number of unbranched alkanes of at least 4 members (excludes halogenated alkanes) is 1. The van der Waals surface area contributed by atoms with Crippen LogP contribution in [-0.2, 0) is 16.6 Å². The van der Waals surface area contributed by atoms with Gasteiger partial charge in [-0.3, -0.25) is 9.59 Å². The Hall–Kier alpha value is -3.65. The van der Waals surface area contributed by atoms with Gasteiger partial charge >= 0.3 is 6.18 Å². The number of nitrogens with one attached hydrogen (secondary N) is 2. The molecule has 1 aliphatic heterocycles. The number of carbonyl (C=O) groups excluding carboxylic acids is 2. The van der Waals surface area contributed by atoms with E-state index in [0.717, 1.165) is 74.0 Å². The molecule has 5 nitrogen and oxygen atoms in total. The summed E-state index contributed by atoms with van der Waals surface area (Å²) in [7, 11) is 0. The lowest BCUT2D eigenvalue weighted by molar-refractivity contribution is -0.141. The number of amides is 2. The number of nitrogens with zero attached hydrogens (tertiary/aromatic N) is 1. The van der Waals surface area contributed by atoms with Gasteiger partial charge in [-0.1, -0.05) is 87.4 Å². The van der Waals surface area contributed by atoms with Gasteiger partial charge in [0.25, 0.3) is 5.91 Å². The SMILES string of the molecule is CCC(C)Cc1ccc(C(=O)NC2CCN(CCCCC3(C(=O)NCC(F)(F)F)c4ccccc4-c4ccccc43)CC2)cc1. The molecule has 2 N–H and O–H groups in total. The smallest absolute Gasteiger partial charge is 0.349 e. The van der Waals surface area contributed by atoms with Crippen molar-refractivity contribution in [3.05, 3.63) is 95.1 Å². The number of hydrogen-bond acceptors (Lipinski definition) is 3. The second-order valence-corrected chi connectivity index (χ2v) is 12.8. The van der Waals surface area contributed by atoms with Gasteiger partial charge in [0.2, 0.25) is 5.91 Å². The molecule has 1 unspecified atom stereocenters. The summed E-state index contributed by atoms with van der Waals surface area (Å²) in [6.07, 6.45) is 1.32. The minimum absolute atomic E-state index is 0.0326. The van der Waals surface area contributed by atoms with Crippen molar-refractivity contribution in [3.63, 3.8) is 0 Å². The third-order valence-electron chi connectivity index (χ3n) is 9.60. The summed E-state index contributed by atoms with van der Waals surface area (Å²) in [4.78, 5) is 28.9. The summed E-state index contributed by atoms with van der Waals surface area (Å²) in [5.41, 5.74) is 4.13. The molecule has 0 aromatic heterocycles. The van der Waals surface area contributed by atoms with Crippen LogP contribution >= 0.6 is 0 Å². The van der Waals surface area contributed by atoms with E-state index in [1.807, 2.05) is 60.7 Å². The van der Waals surface area contributed by atoms with Crippen molar-refractivity contribution < 1.29 is 22.8 Å². The van der Waals surface area contributed by atoms with E-state index in [2.05, 4.69) is 41.5 Å². The third-order valence-corrected chi connectivity index (χ3v) is 9.60. The minimum Gasteiger partial charge on any atom is -0.349 e. The van der Waals surface area contributed by atoms with Gasteiger partial charge in [0, 0.05) is 24.7 Å². The van der Waals surface area contributed by atoms with E-state index in [9.17, 15) is 22.8 Å². The van der Waals surface area contributed by atoms with Crippen LogP contribution in [0, 0.1) is 5.92 Å². The van der Waals surface area contributed by atoms with Crippen LogP contribution < -0.4 is 10.6 Å². The van der Waals surface area contributed by atoms with Gasteiger partial charge in [-0.2, -0.15) is 13.2 Å². The average molecular weight is 620 g/mol. The first-order chi connectivity index (χ1) is 21.6. The summed E-state index contributed by atoms with van der Waals surface area (Å²) < 4.78 is 39.4. The fourth-order valence-electron chi connectivity index (χ4n) is 6.92.